The largest absolute Gasteiger partial charge is 0.360 e. The van der Waals surface area contributed by atoms with Crippen LogP contribution in [0.1, 0.15) is 5.56 Å². The second kappa shape index (κ2) is 5.95. The average molecular weight is 294 g/mol. The quantitative estimate of drug-likeness (QED) is 0.912. The summed E-state index contributed by atoms with van der Waals surface area (Å²) in [6, 6.07) is 10.4. The summed E-state index contributed by atoms with van der Waals surface area (Å²) < 4.78 is 0. The zero-order valence-corrected chi connectivity index (χ0v) is 12.4. The van der Waals surface area contributed by atoms with Crippen molar-refractivity contribution in [1.29, 1.82) is 0 Å². The standard InChI is InChI=1S/C15H17ClN2S/c16-14-1-3-15(4-2-14)18-8-6-17(7-9-18)11-13-5-10-19-12-13/h1-5,10,12H,6-9,11H2/p+1. The normalized spacial score (nSPS) is 16.8. The maximum Gasteiger partial charge on any atom is 0.104 e. The molecule has 1 aromatic heterocycles. The Morgan fingerprint density at radius 1 is 1.11 bits per heavy atom. The van der Waals surface area contributed by atoms with Gasteiger partial charge in [0, 0.05) is 16.3 Å². The van der Waals surface area contributed by atoms with Crippen molar-refractivity contribution in [3.8, 4) is 0 Å². The molecular weight excluding hydrogens is 276 g/mol. The molecule has 2 aromatic rings. The van der Waals surface area contributed by atoms with E-state index in [1.165, 1.54) is 24.3 Å². The zero-order valence-electron chi connectivity index (χ0n) is 10.8. The van der Waals surface area contributed by atoms with E-state index in [2.05, 4.69) is 33.9 Å². The van der Waals surface area contributed by atoms with Crippen LogP contribution < -0.4 is 9.80 Å². The van der Waals surface area contributed by atoms with Crippen molar-refractivity contribution in [2.24, 2.45) is 0 Å². The Labute approximate surface area is 123 Å². The van der Waals surface area contributed by atoms with E-state index >= 15 is 0 Å². The molecular formula is C15H18ClN2S+. The third-order valence-electron chi connectivity index (χ3n) is 3.70. The molecule has 1 N–H and O–H groups in total. The zero-order chi connectivity index (χ0) is 13.1. The maximum absolute atomic E-state index is 5.93. The monoisotopic (exact) mass is 293 g/mol. The van der Waals surface area contributed by atoms with Gasteiger partial charge in [-0.1, -0.05) is 11.6 Å². The van der Waals surface area contributed by atoms with E-state index in [0.717, 1.165) is 24.7 Å². The summed E-state index contributed by atoms with van der Waals surface area (Å²) in [6.07, 6.45) is 0. The number of thiophene rings is 1. The van der Waals surface area contributed by atoms with E-state index in [1.54, 1.807) is 16.2 Å². The lowest BCUT2D eigenvalue weighted by Crippen LogP contribution is -3.13. The van der Waals surface area contributed by atoms with E-state index < -0.39 is 0 Å². The maximum atomic E-state index is 5.93. The van der Waals surface area contributed by atoms with Gasteiger partial charge in [-0.2, -0.15) is 11.3 Å². The van der Waals surface area contributed by atoms with E-state index in [1.807, 2.05) is 12.1 Å². The van der Waals surface area contributed by atoms with Gasteiger partial charge < -0.3 is 9.80 Å². The fraction of sp³-hybridized carbons (Fsp3) is 0.333. The lowest BCUT2D eigenvalue weighted by Gasteiger charge is -2.33. The Balaban J connectivity index is 1.56. The van der Waals surface area contributed by atoms with Crippen LogP contribution in [0, 0.1) is 0 Å². The van der Waals surface area contributed by atoms with Gasteiger partial charge in [-0.15, -0.1) is 0 Å². The van der Waals surface area contributed by atoms with Crippen molar-refractivity contribution in [3.63, 3.8) is 0 Å². The van der Waals surface area contributed by atoms with Crippen LogP contribution in [0.15, 0.2) is 41.1 Å². The first kappa shape index (κ1) is 13.0. The van der Waals surface area contributed by atoms with Crippen LogP contribution in [0.3, 0.4) is 0 Å². The third kappa shape index (κ3) is 3.30. The molecule has 3 rings (SSSR count). The third-order valence-corrected chi connectivity index (χ3v) is 4.68. The number of piperazine rings is 1. The number of anilines is 1. The smallest absolute Gasteiger partial charge is 0.104 e. The molecule has 1 aliphatic heterocycles. The van der Waals surface area contributed by atoms with Crippen molar-refractivity contribution in [1.82, 2.24) is 0 Å². The molecule has 1 aromatic carbocycles. The average Bonchev–Trinajstić information content (AvgIpc) is 2.94. The molecule has 19 heavy (non-hydrogen) atoms. The number of halogens is 1. The summed E-state index contributed by atoms with van der Waals surface area (Å²) in [5.41, 5.74) is 2.76. The minimum atomic E-state index is 0.811. The van der Waals surface area contributed by atoms with Gasteiger partial charge in [0.05, 0.1) is 26.2 Å². The second-order valence-electron chi connectivity index (χ2n) is 5.02. The number of hydrogen-bond donors (Lipinski definition) is 1. The van der Waals surface area contributed by atoms with E-state index in [9.17, 15) is 0 Å². The van der Waals surface area contributed by atoms with E-state index in [-0.39, 0.29) is 0 Å². The summed E-state index contributed by atoms with van der Waals surface area (Å²) in [5, 5.41) is 5.24. The molecule has 100 valence electrons. The molecule has 2 heterocycles. The second-order valence-corrected chi connectivity index (χ2v) is 6.24. The van der Waals surface area contributed by atoms with Crippen LogP contribution >= 0.6 is 22.9 Å². The molecule has 0 aliphatic carbocycles. The van der Waals surface area contributed by atoms with Gasteiger partial charge in [-0.25, -0.2) is 0 Å². The van der Waals surface area contributed by atoms with Crippen LogP contribution in [-0.2, 0) is 6.54 Å². The Bertz CT molecular complexity index is 501. The Morgan fingerprint density at radius 3 is 2.47 bits per heavy atom. The molecule has 0 spiro atoms. The molecule has 2 nitrogen and oxygen atoms in total. The predicted octanol–water partition coefficient (Wildman–Crippen LogP) is 2.31. The number of rotatable bonds is 3. The summed E-state index contributed by atoms with van der Waals surface area (Å²) >= 11 is 7.72. The molecule has 0 radical (unpaired) electrons. The highest BCUT2D eigenvalue weighted by atomic mass is 35.5. The minimum Gasteiger partial charge on any atom is -0.360 e. The molecule has 0 atom stereocenters. The fourth-order valence-corrected chi connectivity index (χ4v) is 3.39. The lowest BCUT2D eigenvalue weighted by atomic mass is 10.2. The molecule has 0 amide bonds. The summed E-state index contributed by atoms with van der Waals surface area (Å²) in [6.45, 7) is 5.83. The first-order valence-electron chi connectivity index (χ1n) is 6.66. The molecule has 1 saturated heterocycles. The Kier molecular flexibility index (Phi) is 4.06. The predicted molar refractivity (Wildman–Crippen MR) is 82.4 cm³/mol. The van der Waals surface area contributed by atoms with Gasteiger partial charge in [-0.05, 0) is 41.1 Å². The van der Waals surface area contributed by atoms with Crippen LogP contribution in [-0.4, -0.2) is 26.2 Å². The van der Waals surface area contributed by atoms with Gasteiger partial charge in [0.15, 0.2) is 0 Å². The fourth-order valence-electron chi connectivity index (χ4n) is 2.59. The summed E-state index contributed by atoms with van der Waals surface area (Å²) in [7, 11) is 0. The van der Waals surface area contributed by atoms with Gasteiger partial charge in [0.2, 0.25) is 0 Å². The lowest BCUT2D eigenvalue weighted by molar-refractivity contribution is -0.914. The van der Waals surface area contributed by atoms with Gasteiger partial charge >= 0.3 is 0 Å². The summed E-state index contributed by atoms with van der Waals surface area (Å²) in [4.78, 5) is 4.14. The number of quaternary nitrogens is 1. The molecule has 1 fully saturated rings. The number of benzene rings is 1. The Morgan fingerprint density at radius 2 is 1.84 bits per heavy atom. The van der Waals surface area contributed by atoms with Crippen molar-refractivity contribution >= 4 is 28.6 Å². The van der Waals surface area contributed by atoms with Crippen LogP contribution in [0.25, 0.3) is 0 Å². The Hall–Kier alpha value is -1.03. The highest BCUT2D eigenvalue weighted by molar-refractivity contribution is 7.07. The highest BCUT2D eigenvalue weighted by Crippen LogP contribution is 2.17. The summed E-state index contributed by atoms with van der Waals surface area (Å²) in [5.74, 6) is 0. The van der Waals surface area contributed by atoms with Crippen LogP contribution in [0.4, 0.5) is 5.69 Å². The van der Waals surface area contributed by atoms with E-state index in [0.29, 0.717) is 0 Å². The van der Waals surface area contributed by atoms with Gasteiger partial charge in [0.25, 0.3) is 0 Å². The number of nitrogens with one attached hydrogen (secondary N) is 1. The highest BCUT2D eigenvalue weighted by Gasteiger charge is 2.20. The minimum absolute atomic E-state index is 0.811. The molecule has 0 saturated carbocycles. The van der Waals surface area contributed by atoms with Crippen molar-refractivity contribution in [2.45, 2.75) is 6.54 Å². The molecule has 0 unspecified atom stereocenters. The van der Waals surface area contributed by atoms with Crippen molar-refractivity contribution < 1.29 is 4.90 Å². The van der Waals surface area contributed by atoms with Crippen molar-refractivity contribution in [3.05, 3.63) is 51.7 Å². The van der Waals surface area contributed by atoms with Crippen LogP contribution in [0.5, 0.6) is 0 Å². The van der Waals surface area contributed by atoms with Crippen LogP contribution in [0.2, 0.25) is 5.02 Å². The number of hydrogen-bond acceptors (Lipinski definition) is 2. The molecule has 0 bridgehead atoms. The SMILES string of the molecule is Clc1ccc(N2CC[NH+](Cc3ccsc3)CC2)cc1. The number of nitrogens with zero attached hydrogens (tertiary/aromatic N) is 1. The van der Waals surface area contributed by atoms with Crippen molar-refractivity contribution in [2.75, 3.05) is 31.1 Å². The first-order chi connectivity index (χ1) is 9.31. The molecule has 1 aliphatic rings. The van der Waals surface area contributed by atoms with Gasteiger partial charge in [0.1, 0.15) is 6.54 Å². The van der Waals surface area contributed by atoms with Gasteiger partial charge in [-0.3, -0.25) is 0 Å². The van der Waals surface area contributed by atoms with E-state index in [4.69, 9.17) is 11.6 Å². The topological polar surface area (TPSA) is 7.68 Å². The molecule has 4 heteroatoms. The first-order valence-corrected chi connectivity index (χ1v) is 7.98.